The van der Waals surface area contributed by atoms with Crippen LogP contribution in [0.5, 0.6) is 0 Å². The summed E-state index contributed by atoms with van der Waals surface area (Å²) in [6, 6.07) is 0. The van der Waals surface area contributed by atoms with Crippen LogP contribution < -0.4 is 0 Å². The monoisotopic (exact) mass is 204 g/mol. The third-order valence-electron chi connectivity index (χ3n) is 1.27. The smallest absolute Gasteiger partial charge is 0.406 e. The molecule has 4 heteroatoms. The zero-order valence-electron chi connectivity index (χ0n) is 7.82. The Morgan fingerprint density at radius 3 is 2.00 bits per heavy atom. The molecule has 0 aliphatic rings. The summed E-state index contributed by atoms with van der Waals surface area (Å²) in [5.74, 6) is -0.486. The first-order chi connectivity index (χ1) is 6.22. The molecule has 1 nitrogen and oxygen atoms in total. The number of alkyl halides is 3. The summed E-state index contributed by atoms with van der Waals surface area (Å²) in [6.45, 7) is 11.9. The van der Waals surface area contributed by atoms with Crippen LogP contribution in [0.15, 0.2) is 48.8 Å². The van der Waals surface area contributed by atoms with E-state index in [1.165, 1.54) is 6.08 Å². The number of ether oxygens (including phenoxy) is 1. The number of hydrogen-bond acceptors (Lipinski definition) is 1. The molecule has 0 radical (unpaired) electrons. The third-order valence-corrected chi connectivity index (χ3v) is 1.27. The molecule has 0 N–H and O–H groups in total. The minimum Gasteiger partial charge on any atom is -0.406 e. The van der Waals surface area contributed by atoms with Crippen LogP contribution in [0.25, 0.3) is 0 Å². The molecule has 0 amide bonds. The molecule has 0 aliphatic carbocycles. The van der Waals surface area contributed by atoms with E-state index in [0.717, 1.165) is 6.08 Å². The Kier molecular flexibility index (Phi) is 4.21. The molecule has 0 heterocycles. The molecule has 0 aliphatic heterocycles. The summed E-state index contributed by atoms with van der Waals surface area (Å²) < 4.78 is 38.4. The molecule has 0 spiro atoms. The van der Waals surface area contributed by atoms with Crippen molar-refractivity contribution in [3.05, 3.63) is 48.8 Å². The van der Waals surface area contributed by atoms with Gasteiger partial charge in [0.2, 0.25) is 0 Å². The van der Waals surface area contributed by atoms with Crippen LogP contribution >= 0.6 is 0 Å². The van der Waals surface area contributed by atoms with Gasteiger partial charge in [-0.25, -0.2) is 0 Å². The third kappa shape index (κ3) is 6.11. The lowest BCUT2D eigenvalue weighted by Gasteiger charge is -2.07. The van der Waals surface area contributed by atoms with Crippen LogP contribution in [-0.4, -0.2) is 6.36 Å². The van der Waals surface area contributed by atoms with E-state index in [-0.39, 0.29) is 0 Å². The maximum absolute atomic E-state index is 11.6. The molecule has 0 saturated carbocycles. The number of hydrogen-bond donors (Lipinski definition) is 0. The summed E-state index contributed by atoms with van der Waals surface area (Å²) in [6.07, 6.45) is -2.26. The summed E-state index contributed by atoms with van der Waals surface area (Å²) in [4.78, 5) is 0. The molecule has 0 bridgehead atoms. The van der Waals surface area contributed by atoms with Crippen molar-refractivity contribution in [1.82, 2.24) is 0 Å². The second-order valence-corrected chi connectivity index (χ2v) is 2.65. The maximum Gasteiger partial charge on any atom is 0.573 e. The fourth-order valence-corrected chi connectivity index (χ4v) is 0.518. The molecule has 0 aromatic rings. The van der Waals surface area contributed by atoms with Gasteiger partial charge in [-0.1, -0.05) is 31.4 Å². The number of allylic oxidation sites excluding steroid dienone is 4. The molecular formula is C10H11F3O. The van der Waals surface area contributed by atoms with Gasteiger partial charge in [0, 0.05) is 0 Å². The Morgan fingerprint density at radius 1 is 1.14 bits per heavy atom. The molecular weight excluding hydrogens is 193 g/mol. The van der Waals surface area contributed by atoms with Crippen LogP contribution in [0.2, 0.25) is 0 Å². The molecule has 0 aromatic heterocycles. The van der Waals surface area contributed by atoms with Crippen molar-refractivity contribution in [2.24, 2.45) is 0 Å². The van der Waals surface area contributed by atoms with Crippen molar-refractivity contribution in [3.8, 4) is 0 Å². The molecule has 0 rings (SSSR count). The van der Waals surface area contributed by atoms with Gasteiger partial charge in [0.15, 0.2) is 0 Å². The average molecular weight is 204 g/mol. The van der Waals surface area contributed by atoms with E-state index in [2.05, 4.69) is 24.5 Å². The highest BCUT2D eigenvalue weighted by Crippen LogP contribution is 2.20. The highest BCUT2D eigenvalue weighted by atomic mass is 19.4. The van der Waals surface area contributed by atoms with Crippen LogP contribution in [0.3, 0.4) is 0 Å². The van der Waals surface area contributed by atoms with Gasteiger partial charge in [0.05, 0.1) is 0 Å². The molecule has 0 unspecified atom stereocenters. The van der Waals surface area contributed by atoms with Crippen molar-refractivity contribution in [2.45, 2.75) is 13.3 Å². The molecule has 78 valence electrons. The van der Waals surface area contributed by atoms with Gasteiger partial charge in [-0.15, -0.1) is 13.2 Å². The predicted molar refractivity (Wildman–Crippen MR) is 49.4 cm³/mol. The lowest BCUT2D eigenvalue weighted by atomic mass is 10.1. The first-order valence-corrected chi connectivity index (χ1v) is 3.70. The lowest BCUT2D eigenvalue weighted by molar-refractivity contribution is -0.303. The van der Waals surface area contributed by atoms with Crippen molar-refractivity contribution in [1.29, 1.82) is 0 Å². The normalized spacial score (nSPS) is 11.4. The van der Waals surface area contributed by atoms with Gasteiger partial charge >= 0.3 is 6.36 Å². The quantitative estimate of drug-likeness (QED) is 0.501. The standard InChI is InChI=1S/C10H11F3O/c1-7(2)8(3)5-6-9(4)14-10(11,12)13/h5-6H,1,3-4H2,2H3/b6-5-. The largest absolute Gasteiger partial charge is 0.573 e. The molecule has 0 aromatic carbocycles. The average Bonchev–Trinajstić information content (AvgIpc) is 1.96. The summed E-state index contributed by atoms with van der Waals surface area (Å²) in [5, 5.41) is 0. The zero-order valence-corrected chi connectivity index (χ0v) is 7.82. The summed E-state index contributed by atoms with van der Waals surface area (Å²) >= 11 is 0. The van der Waals surface area contributed by atoms with E-state index in [4.69, 9.17) is 0 Å². The Balaban J connectivity index is 4.21. The first-order valence-electron chi connectivity index (χ1n) is 3.70. The summed E-state index contributed by atoms with van der Waals surface area (Å²) in [7, 11) is 0. The Hall–Kier alpha value is -1.45. The number of halogens is 3. The van der Waals surface area contributed by atoms with Gasteiger partial charge < -0.3 is 4.74 Å². The maximum atomic E-state index is 11.6. The van der Waals surface area contributed by atoms with Gasteiger partial charge in [0.1, 0.15) is 5.76 Å². The van der Waals surface area contributed by atoms with E-state index >= 15 is 0 Å². The highest BCUT2D eigenvalue weighted by Gasteiger charge is 2.30. The van der Waals surface area contributed by atoms with Crippen molar-refractivity contribution >= 4 is 0 Å². The van der Waals surface area contributed by atoms with E-state index < -0.39 is 12.1 Å². The topological polar surface area (TPSA) is 9.23 Å². The molecule has 14 heavy (non-hydrogen) atoms. The van der Waals surface area contributed by atoms with Crippen molar-refractivity contribution in [3.63, 3.8) is 0 Å². The van der Waals surface area contributed by atoms with E-state index in [0.29, 0.717) is 11.1 Å². The second-order valence-electron chi connectivity index (χ2n) is 2.65. The summed E-state index contributed by atoms with van der Waals surface area (Å²) in [5.41, 5.74) is 1.19. The molecule has 0 fully saturated rings. The van der Waals surface area contributed by atoms with Crippen molar-refractivity contribution in [2.75, 3.05) is 0 Å². The van der Waals surface area contributed by atoms with E-state index in [1.807, 2.05) is 0 Å². The fraction of sp³-hybridized carbons (Fsp3) is 0.200. The van der Waals surface area contributed by atoms with E-state index in [9.17, 15) is 13.2 Å². The van der Waals surface area contributed by atoms with Crippen LogP contribution in [0.4, 0.5) is 13.2 Å². The Labute approximate surface area is 80.9 Å². The minimum atomic E-state index is -4.70. The fourth-order valence-electron chi connectivity index (χ4n) is 0.518. The zero-order chi connectivity index (χ0) is 11.4. The lowest BCUT2D eigenvalue weighted by Crippen LogP contribution is -2.11. The van der Waals surface area contributed by atoms with E-state index in [1.54, 1.807) is 6.92 Å². The van der Waals surface area contributed by atoms with Crippen molar-refractivity contribution < 1.29 is 17.9 Å². The van der Waals surface area contributed by atoms with Gasteiger partial charge in [-0.05, 0) is 18.6 Å². The predicted octanol–water partition coefficient (Wildman–Crippen LogP) is 3.73. The SMILES string of the molecule is C=C(/C=C\C(=C)C(=C)C)OC(F)(F)F. The van der Waals surface area contributed by atoms with Gasteiger partial charge in [-0.3, -0.25) is 0 Å². The first kappa shape index (κ1) is 12.6. The van der Waals surface area contributed by atoms with Gasteiger partial charge in [-0.2, -0.15) is 0 Å². The second kappa shape index (κ2) is 4.69. The minimum absolute atomic E-state index is 0.486. The number of rotatable bonds is 4. The molecule has 0 atom stereocenters. The Morgan fingerprint density at radius 2 is 1.64 bits per heavy atom. The van der Waals surface area contributed by atoms with Crippen LogP contribution in [0.1, 0.15) is 6.92 Å². The molecule has 0 saturated heterocycles. The highest BCUT2D eigenvalue weighted by molar-refractivity contribution is 5.35. The van der Waals surface area contributed by atoms with Crippen LogP contribution in [-0.2, 0) is 4.74 Å². The van der Waals surface area contributed by atoms with Gasteiger partial charge in [0.25, 0.3) is 0 Å². The van der Waals surface area contributed by atoms with Crippen LogP contribution in [0, 0.1) is 0 Å². The Bertz CT molecular complexity index is 284.